The highest BCUT2D eigenvalue weighted by atomic mass is 16.5. The first kappa shape index (κ1) is 34.8. The minimum Gasteiger partial charge on any atom is -0.492 e. The normalized spacial score (nSPS) is 18.3. The molecule has 4 aromatic rings. The molecular formula is C38H44N8O6. The molecule has 0 saturated heterocycles. The van der Waals surface area contributed by atoms with E-state index < -0.39 is 0 Å². The second-order valence-corrected chi connectivity index (χ2v) is 13.4. The molecule has 14 heteroatoms. The first-order chi connectivity index (χ1) is 25.2. The minimum absolute atomic E-state index is 0.0584. The summed E-state index contributed by atoms with van der Waals surface area (Å²) in [6.07, 6.45) is 17.5. The molecule has 2 aromatic heterocycles. The van der Waals surface area contributed by atoms with Gasteiger partial charge in [-0.25, -0.2) is 9.97 Å². The molecule has 2 atom stereocenters. The van der Waals surface area contributed by atoms with Gasteiger partial charge in [-0.2, -0.15) is 9.97 Å². The maximum Gasteiger partial charge on any atom is 0.221 e. The highest BCUT2D eigenvalue weighted by Gasteiger charge is 2.36. The molecule has 2 aliphatic heterocycles. The van der Waals surface area contributed by atoms with Crippen molar-refractivity contribution in [1.82, 2.24) is 19.9 Å². The van der Waals surface area contributed by atoms with Crippen LogP contribution in [0.4, 0.5) is 23.5 Å². The molecule has 8 rings (SSSR count). The van der Waals surface area contributed by atoms with Crippen LogP contribution in [0, 0.1) is 11.8 Å². The Hall–Kier alpha value is -5.60. The Kier molecular flexibility index (Phi) is 9.75. The third-order valence-corrected chi connectivity index (χ3v) is 9.80. The molecule has 0 unspecified atom stereocenters. The van der Waals surface area contributed by atoms with Gasteiger partial charge < -0.3 is 52.1 Å². The van der Waals surface area contributed by atoms with Gasteiger partial charge in [0.1, 0.15) is 23.8 Å². The fourth-order valence-corrected chi connectivity index (χ4v) is 6.75. The fourth-order valence-electron chi connectivity index (χ4n) is 6.75. The predicted octanol–water partition coefficient (Wildman–Crippen LogP) is 3.83. The summed E-state index contributed by atoms with van der Waals surface area (Å²) in [6.45, 7) is -0.281. The largest absolute Gasteiger partial charge is 0.492 e. The zero-order valence-electron chi connectivity index (χ0n) is 29.2. The van der Waals surface area contributed by atoms with E-state index in [2.05, 4.69) is 44.2 Å². The lowest BCUT2D eigenvalue weighted by Gasteiger charge is -2.26. The van der Waals surface area contributed by atoms with Crippen molar-refractivity contribution >= 4 is 35.7 Å². The zero-order valence-corrected chi connectivity index (χ0v) is 29.2. The van der Waals surface area contributed by atoms with Crippen molar-refractivity contribution in [3.8, 4) is 23.0 Å². The lowest BCUT2D eigenvalue weighted by atomic mass is 9.94. The molecule has 272 valence electrons. The second-order valence-electron chi connectivity index (χ2n) is 13.4. The van der Waals surface area contributed by atoms with Crippen LogP contribution in [0.2, 0.25) is 0 Å². The van der Waals surface area contributed by atoms with E-state index in [1.807, 2.05) is 12.1 Å². The number of aliphatic hydroxyl groups excluding tert-OH is 2. The number of anilines is 4. The molecular weight excluding hydrogens is 664 g/mol. The van der Waals surface area contributed by atoms with Gasteiger partial charge in [0.25, 0.3) is 0 Å². The van der Waals surface area contributed by atoms with Crippen LogP contribution in [0.1, 0.15) is 70.2 Å². The Labute approximate surface area is 301 Å². The average Bonchev–Trinajstić information content (AvgIpc) is 4.07. The molecule has 0 bridgehead atoms. The molecule has 4 heterocycles. The number of rotatable bonds is 10. The summed E-state index contributed by atoms with van der Waals surface area (Å²) in [5.41, 5.74) is 29.9. The second kappa shape index (κ2) is 14.6. The zero-order chi connectivity index (χ0) is 36.5. The molecule has 0 amide bonds. The Morgan fingerprint density at radius 3 is 1.37 bits per heavy atom. The number of nitrogen functional groups attached to an aromatic ring is 4. The van der Waals surface area contributed by atoms with E-state index in [1.54, 1.807) is 26.6 Å². The van der Waals surface area contributed by atoms with Crippen molar-refractivity contribution < 1.29 is 29.2 Å². The number of hydrogen-bond donors (Lipinski definition) is 6. The van der Waals surface area contributed by atoms with Gasteiger partial charge in [-0.1, -0.05) is 12.2 Å². The highest BCUT2D eigenvalue weighted by molar-refractivity contribution is 5.72. The van der Waals surface area contributed by atoms with Crippen molar-refractivity contribution in [3.63, 3.8) is 0 Å². The van der Waals surface area contributed by atoms with Gasteiger partial charge in [0.2, 0.25) is 11.9 Å². The molecule has 10 N–H and O–H groups in total. The van der Waals surface area contributed by atoms with Crippen molar-refractivity contribution in [3.05, 3.63) is 81.2 Å². The van der Waals surface area contributed by atoms with E-state index in [0.717, 1.165) is 33.4 Å². The smallest absolute Gasteiger partial charge is 0.221 e. The quantitative estimate of drug-likeness (QED) is 0.137. The third kappa shape index (κ3) is 7.12. The van der Waals surface area contributed by atoms with Gasteiger partial charge in [0.05, 0.1) is 27.4 Å². The van der Waals surface area contributed by atoms with Gasteiger partial charge in [0.15, 0.2) is 23.0 Å². The Bertz CT molecular complexity index is 1900. The van der Waals surface area contributed by atoms with Crippen LogP contribution in [0.3, 0.4) is 0 Å². The number of nitrogens with zero attached hydrogens (tertiary/aromatic N) is 4. The lowest BCUT2D eigenvalue weighted by Crippen LogP contribution is -2.21. The van der Waals surface area contributed by atoms with Crippen molar-refractivity contribution in [1.29, 1.82) is 0 Å². The first-order valence-corrected chi connectivity index (χ1v) is 17.3. The summed E-state index contributed by atoms with van der Waals surface area (Å²) in [5, 5.41) is 19.6. The SMILES string of the molecule is COc1c(CO)cc(Cc2cnc(N)nc2N)c2c1O[C@@H](C1CC1)C=C2.COc1c(CO)cc(Cc2cnc(N)nc2N)c2c1O[C@H](C1CC1)C=C2. The Morgan fingerprint density at radius 1 is 0.635 bits per heavy atom. The standard InChI is InChI=1S/2C19H22N4O3/c2*1-25-16-13(9-24)7-11(6-12-8-22-19(21)23-18(12)20)14-4-5-15(10-2-3-10)26-17(14)16/h2*4-5,7-8,10,15,24H,2-3,6,9H2,1H3,(H4,20,21,22,23)/t2*15-/m10/s1. The number of benzene rings is 2. The van der Waals surface area contributed by atoms with Crippen molar-refractivity contribution in [2.45, 2.75) is 63.9 Å². The summed E-state index contributed by atoms with van der Waals surface area (Å²) in [7, 11) is 3.18. The fraction of sp³-hybridized carbons (Fsp3) is 0.368. The van der Waals surface area contributed by atoms with E-state index >= 15 is 0 Å². The summed E-state index contributed by atoms with van der Waals surface area (Å²) >= 11 is 0. The van der Waals surface area contributed by atoms with E-state index in [-0.39, 0.29) is 37.3 Å². The molecule has 2 aliphatic carbocycles. The third-order valence-electron chi connectivity index (χ3n) is 9.80. The highest BCUT2D eigenvalue weighted by Crippen LogP contribution is 2.47. The Balaban J connectivity index is 0.000000162. The molecule has 0 spiro atoms. The summed E-state index contributed by atoms with van der Waals surface area (Å²) in [5.74, 6) is 4.66. The lowest BCUT2D eigenvalue weighted by molar-refractivity contribution is 0.208. The van der Waals surface area contributed by atoms with Crippen molar-refractivity contribution in [2.24, 2.45) is 11.8 Å². The van der Waals surface area contributed by atoms with Crippen LogP contribution < -0.4 is 41.9 Å². The topological polar surface area (TPSA) is 233 Å². The molecule has 2 fully saturated rings. The van der Waals surface area contributed by atoms with E-state index in [1.165, 1.54) is 25.7 Å². The van der Waals surface area contributed by atoms with E-state index in [0.29, 0.717) is 70.4 Å². The maximum atomic E-state index is 9.80. The van der Waals surface area contributed by atoms with E-state index in [9.17, 15) is 10.2 Å². The van der Waals surface area contributed by atoms with Gasteiger partial charge in [0, 0.05) is 58.6 Å². The van der Waals surface area contributed by atoms with Gasteiger partial charge >= 0.3 is 0 Å². The van der Waals surface area contributed by atoms with Crippen LogP contribution >= 0.6 is 0 Å². The van der Waals surface area contributed by atoms with Crippen LogP contribution in [-0.2, 0) is 26.1 Å². The number of aromatic nitrogens is 4. The molecule has 4 aliphatic rings. The van der Waals surface area contributed by atoms with Crippen molar-refractivity contribution in [2.75, 3.05) is 37.2 Å². The molecule has 0 radical (unpaired) electrons. The monoisotopic (exact) mass is 708 g/mol. The molecule has 52 heavy (non-hydrogen) atoms. The average molecular weight is 709 g/mol. The first-order valence-electron chi connectivity index (χ1n) is 17.3. The van der Waals surface area contributed by atoms with Gasteiger partial charge in [-0.05, 0) is 72.9 Å². The predicted molar refractivity (Wildman–Crippen MR) is 198 cm³/mol. The van der Waals surface area contributed by atoms with Crippen LogP contribution in [0.15, 0.2) is 36.7 Å². The summed E-state index contributed by atoms with van der Waals surface area (Å²) < 4.78 is 23.6. The molecule has 14 nitrogen and oxygen atoms in total. The minimum atomic E-state index is -0.141. The molecule has 2 aromatic carbocycles. The number of aliphatic hydroxyl groups is 2. The number of methoxy groups -OCH3 is 2. The summed E-state index contributed by atoms with van der Waals surface area (Å²) in [6, 6.07) is 3.83. The number of fused-ring (bicyclic) bond motifs is 2. The number of hydrogen-bond acceptors (Lipinski definition) is 14. The van der Waals surface area contributed by atoms with Crippen LogP contribution in [0.25, 0.3) is 12.2 Å². The van der Waals surface area contributed by atoms with Gasteiger partial charge in [-0.15, -0.1) is 0 Å². The van der Waals surface area contributed by atoms with Gasteiger partial charge in [-0.3, -0.25) is 0 Å². The number of nitrogens with two attached hydrogens (primary N) is 4. The summed E-state index contributed by atoms with van der Waals surface area (Å²) in [4.78, 5) is 16.1. The van der Waals surface area contributed by atoms with Crippen LogP contribution in [-0.4, -0.2) is 56.6 Å². The van der Waals surface area contributed by atoms with Crippen LogP contribution in [0.5, 0.6) is 23.0 Å². The maximum absolute atomic E-state index is 9.80. The van der Waals surface area contributed by atoms with E-state index in [4.69, 9.17) is 41.9 Å². The molecule has 2 saturated carbocycles. The Morgan fingerprint density at radius 2 is 1.04 bits per heavy atom. The number of ether oxygens (including phenoxy) is 4.